The van der Waals surface area contributed by atoms with E-state index in [2.05, 4.69) is 79.0 Å². The maximum Gasteiger partial charge on any atom is 0.254 e. The largest absolute Gasteiger partial charge is 0.373 e. The molecule has 0 aliphatic carbocycles. The standard InChI is InChI=1S/C34H30N4O/c1-23-7-9-24(10-8-23)11-12-25-13-15-27(16-14-25)34(39)38-20-19-30-31(22-38)36-32(37-33(30)35-2)29-18-17-26-5-3-4-6-28(26)21-29/h3-18,21H,19-20,22H2,1-2H3,(H,35,36,37)/b12-11+. The summed E-state index contributed by atoms with van der Waals surface area (Å²) in [5.74, 6) is 1.52. The van der Waals surface area contributed by atoms with E-state index in [4.69, 9.17) is 9.97 Å². The van der Waals surface area contributed by atoms with E-state index >= 15 is 0 Å². The van der Waals surface area contributed by atoms with E-state index in [1.807, 2.05) is 48.3 Å². The lowest BCUT2D eigenvalue weighted by Gasteiger charge is -2.29. The second-order valence-electron chi connectivity index (χ2n) is 9.98. The summed E-state index contributed by atoms with van der Waals surface area (Å²) in [6.45, 7) is 3.18. The molecule has 1 amide bonds. The van der Waals surface area contributed by atoms with Crippen molar-refractivity contribution in [1.29, 1.82) is 0 Å². The maximum atomic E-state index is 13.4. The first-order valence-corrected chi connectivity index (χ1v) is 13.3. The number of hydrogen-bond acceptors (Lipinski definition) is 4. The number of nitrogens with zero attached hydrogens (tertiary/aromatic N) is 3. The summed E-state index contributed by atoms with van der Waals surface area (Å²) in [6.07, 6.45) is 4.87. The van der Waals surface area contributed by atoms with Crippen molar-refractivity contribution in [1.82, 2.24) is 14.9 Å². The summed E-state index contributed by atoms with van der Waals surface area (Å²) in [4.78, 5) is 25.1. The normalized spacial score (nSPS) is 13.0. The maximum absolute atomic E-state index is 13.4. The second kappa shape index (κ2) is 10.5. The fourth-order valence-corrected chi connectivity index (χ4v) is 5.06. The lowest BCUT2D eigenvalue weighted by molar-refractivity contribution is 0.0732. The minimum atomic E-state index is 0.0200. The van der Waals surface area contributed by atoms with Crippen LogP contribution in [0.25, 0.3) is 34.3 Å². The highest BCUT2D eigenvalue weighted by atomic mass is 16.2. The number of carbonyl (C=O) groups is 1. The topological polar surface area (TPSA) is 58.1 Å². The highest BCUT2D eigenvalue weighted by Crippen LogP contribution is 2.29. The molecule has 39 heavy (non-hydrogen) atoms. The Morgan fingerprint density at radius 2 is 1.54 bits per heavy atom. The molecule has 1 aromatic heterocycles. The summed E-state index contributed by atoms with van der Waals surface area (Å²) >= 11 is 0. The fraction of sp³-hybridized carbons (Fsp3) is 0.147. The molecule has 1 N–H and O–H groups in total. The van der Waals surface area contributed by atoms with Crippen molar-refractivity contribution >= 4 is 34.6 Å². The van der Waals surface area contributed by atoms with E-state index in [1.165, 1.54) is 10.9 Å². The van der Waals surface area contributed by atoms with Crippen LogP contribution in [-0.2, 0) is 13.0 Å². The van der Waals surface area contributed by atoms with Crippen LogP contribution in [0.4, 0.5) is 5.82 Å². The average molecular weight is 511 g/mol. The Balaban J connectivity index is 1.22. The van der Waals surface area contributed by atoms with Crippen molar-refractivity contribution in [2.75, 3.05) is 18.9 Å². The van der Waals surface area contributed by atoms with Gasteiger partial charge in [-0.25, -0.2) is 9.97 Å². The Morgan fingerprint density at radius 1 is 0.846 bits per heavy atom. The number of carbonyl (C=O) groups excluding carboxylic acids is 1. The molecule has 0 radical (unpaired) electrons. The van der Waals surface area contributed by atoms with Crippen LogP contribution >= 0.6 is 0 Å². The summed E-state index contributed by atoms with van der Waals surface area (Å²) in [5.41, 5.74) is 7.09. The second-order valence-corrected chi connectivity index (χ2v) is 9.98. The Hall–Kier alpha value is -4.77. The molecule has 192 valence electrons. The van der Waals surface area contributed by atoms with Gasteiger partial charge in [0.15, 0.2) is 5.82 Å². The van der Waals surface area contributed by atoms with Crippen molar-refractivity contribution < 1.29 is 4.79 Å². The van der Waals surface area contributed by atoms with Crippen molar-refractivity contribution in [3.05, 3.63) is 125 Å². The number of hydrogen-bond donors (Lipinski definition) is 1. The van der Waals surface area contributed by atoms with E-state index in [0.717, 1.165) is 39.2 Å². The Kier molecular flexibility index (Phi) is 6.64. The van der Waals surface area contributed by atoms with Crippen LogP contribution in [0, 0.1) is 6.92 Å². The fourth-order valence-electron chi connectivity index (χ4n) is 5.06. The van der Waals surface area contributed by atoms with E-state index in [1.54, 1.807) is 0 Å². The SMILES string of the molecule is CNc1nc(-c2ccc3ccccc3c2)nc2c1CCN(C(=O)c1ccc(/C=C/c3ccc(C)cc3)cc1)C2. The molecule has 0 spiro atoms. The van der Waals surface area contributed by atoms with Crippen molar-refractivity contribution in [3.8, 4) is 11.4 Å². The van der Waals surface area contributed by atoms with E-state index < -0.39 is 0 Å². The predicted octanol–water partition coefficient (Wildman–Crippen LogP) is 7.02. The number of amides is 1. The van der Waals surface area contributed by atoms with Gasteiger partial charge in [-0.15, -0.1) is 0 Å². The lowest BCUT2D eigenvalue weighted by atomic mass is 10.0. The third-order valence-corrected chi connectivity index (χ3v) is 7.30. The minimum Gasteiger partial charge on any atom is -0.373 e. The van der Waals surface area contributed by atoms with Crippen LogP contribution < -0.4 is 5.32 Å². The van der Waals surface area contributed by atoms with Gasteiger partial charge in [0.05, 0.1) is 12.2 Å². The van der Waals surface area contributed by atoms with Gasteiger partial charge in [-0.1, -0.05) is 90.5 Å². The molecule has 0 atom stereocenters. The number of rotatable bonds is 5. The van der Waals surface area contributed by atoms with Gasteiger partial charge in [0, 0.05) is 30.3 Å². The molecule has 5 heteroatoms. The molecule has 2 heterocycles. The first kappa shape index (κ1) is 24.6. The van der Waals surface area contributed by atoms with Gasteiger partial charge in [-0.3, -0.25) is 4.79 Å². The first-order valence-electron chi connectivity index (χ1n) is 13.3. The van der Waals surface area contributed by atoms with Crippen LogP contribution in [-0.4, -0.2) is 34.4 Å². The van der Waals surface area contributed by atoms with Crippen LogP contribution in [0.3, 0.4) is 0 Å². The Labute approximate surface area is 228 Å². The van der Waals surface area contributed by atoms with Gasteiger partial charge in [-0.2, -0.15) is 0 Å². The molecule has 1 aliphatic rings. The molecule has 5 aromatic rings. The molecular weight excluding hydrogens is 480 g/mol. The number of benzene rings is 4. The molecule has 0 fully saturated rings. The van der Waals surface area contributed by atoms with Gasteiger partial charge in [0.25, 0.3) is 5.91 Å². The average Bonchev–Trinajstić information content (AvgIpc) is 2.99. The van der Waals surface area contributed by atoms with Crippen LogP contribution in [0.15, 0.2) is 91.0 Å². The van der Waals surface area contributed by atoms with Crippen molar-refractivity contribution in [2.24, 2.45) is 0 Å². The monoisotopic (exact) mass is 510 g/mol. The quantitative estimate of drug-likeness (QED) is 0.258. The summed E-state index contributed by atoms with van der Waals surface area (Å²) in [5, 5.41) is 5.58. The number of aryl methyl sites for hydroxylation is 1. The third-order valence-electron chi connectivity index (χ3n) is 7.30. The van der Waals surface area contributed by atoms with Crippen molar-refractivity contribution in [2.45, 2.75) is 19.9 Å². The zero-order chi connectivity index (χ0) is 26.8. The predicted molar refractivity (Wildman–Crippen MR) is 160 cm³/mol. The first-order chi connectivity index (χ1) is 19.1. The van der Waals surface area contributed by atoms with Crippen LogP contribution in [0.1, 0.15) is 38.3 Å². The van der Waals surface area contributed by atoms with E-state index in [0.29, 0.717) is 30.9 Å². The summed E-state index contributed by atoms with van der Waals surface area (Å²) in [6, 6.07) is 30.8. The Bertz CT molecular complexity index is 1690. The molecule has 0 saturated heterocycles. The number of anilines is 1. The number of nitrogens with one attached hydrogen (secondary N) is 1. The van der Waals surface area contributed by atoms with Gasteiger partial charge in [-0.05, 0) is 53.4 Å². The smallest absolute Gasteiger partial charge is 0.254 e. The van der Waals surface area contributed by atoms with Gasteiger partial charge < -0.3 is 10.2 Å². The van der Waals surface area contributed by atoms with Gasteiger partial charge >= 0.3 is 0 Å². The van der Waals surface area contributed by atoms with Crippen molar-refractivity contribution in [3.63, 3.8) is 0 Å². The highest BCUT2D eigenvalue weighted by Gasteiger charge is 2.26. The highest BCUT2D eigenvalue weighted by molar-refractivity contribution is 5.94. The molecule has 4 aromatic carbocycles. The summed E-state index contributed by atoms with van der Waals surface area (Å²) < 4.78 is 0. The Morgan fingerprint density at radius 3 is 2.26 bits per heavy atom. The third kappa shape index (κ3) is 5.16. The number of aromatic nitrogens is 2. The molecule has 6 rings (SSSR count). The van der Waals surface area contributed by atoms with Crippen LogP contribution in [0.2, 0.25) is 0 Å². The minimum absolute atomic E-state index is 0.0200. The number of fused-ring (bicyclic) bond motifs is 2. The van der Waals surface area contributed by atoms with Crippen LogP contribution in [0.5, 0.6) is 0 Å². The lowest BCUT2D eigenvalue weighted by Crippen LogP contribution is -2.37. The van der Waals surface area contributed by atoms with E-state index in [-0.39, 0.29) is 5.91 Å². The zero-order valence-electron chi connectivity index (χ0n) is 22.2. The molecule has 1 aliphatic heterocycles. The summed E-state index contributed by atoms with van der Waals surface area (Å²) in [7, 11) is 1.89. The molecule has 0 bridgehead atoms. The molecular formula is C34H30N4O. The zero-order valence-corrected chi connectivity index (χ0v) is 22.2. The van der Waals surface area contributed by atoms with Gasteiger partial charge in [0.1, 0.15) is 5.82 Å². The molecule has 0 unspecified atom stereocenters. The molecule has 5 nitrogen and oxygen atoms in total. The van der Waals surface area contributed by atoms with E-state index in [9.17, 15) is 4.79 Å². The molecule has 0 saturated carbocycles. The van der Waals surface area contributed by atoms with Gasteiger partial charge in [0.2, 0.25) is 0 Å².